The molecule has 0 saturated carbocycles. The second-order valence-corrected chi connectivity index (χ2v) is 6.55. The number of benzene rings is 2. The van der Waals surface area contributed by atoms with Crippen LogP contribution in [0.1, 0.15) is 17.5 Å². The zero-order chi connectivity index (χ0) is 11.5. The van der Waals surface area contributed by atoms with Gasteiger partial charge < -0.3 is 0 Å². The Bertz CT molecular complexity index is 623. The number of fused-ring (bicyclic) bond motifs is 2. The Balaban J connectivity index is 2.07. The summed E-state index contributed by atoms with van der Waals surface area (Å²) in [6.45, 7) is 3.93. The Hall–Kier alpha value is -1.21. The van der Waals surface area contributed by atoms with E-state index in [-0.39, 0.29) is 0 Å². The molecule has 84 valence electrons. The first-order valence-corrected chi connectivity index (χ1v) is 7.03. The highest BCUT2D eigenvalue weighted by Gasteiger charge is 2.58. The first-order chi connectivity index (χ1) is 8.35. The first-order valence-electron chi connectivity index (χ1n) is 6.15. The molecular weight excluding hydrogens is 224 g/mol. The lowest BCUT2D eigenvalue weighted by atomic mass is 9.80. The minimum Gasteiger partial charge on any atom is -0.143 e. The van der Waals surface area contributed by atoms with Crippen LogP contribution in [0.25, 0.3) is 10.8 Å². The van der Waals surface area contributed by atoms with Gasteiger partial charge in [0.05, 0.1) is 4.75 Å². The Kier molecular flexibility index (Phi) is 1.82. The van der Waals surface area contributed by atoms with Crippen LogP contribution in [0.3, 0.4) is 0 Å². The van der Waals surface area contributed by atoms with Gasteiger partial charge >= 0.3 is 0 Å². The van der Waals surface area contributed by atoms with E-state index in [0.29, 0.717) is 4.75 Å². The minimum absolute atomic E-state index is 0.357. The summed E-state index contributed by atoms with van der Waals surface area (Å²) in [5, 5.41) is 3.69. The third-order valence-electron chi connectivity index (χ3n) is 4.12. The van der Waals surface area contributed by atoms with Gasteiger partial charge in [-0.25, -0.2) is 0 Å². The molecule has 0 amide bonds. The van der Waals surface area contributed by atoms with E-state index in [1.54, 1.807) is 5.56 Å². The van der Waals surface area contributed by atoms with Gasteiger partial charge in [0.15, 0.2) is 0 Å². The van der Waals surface area contributed by atoms with Gasteiger partial charge in [-0.05, 0) is 34.7 Å². The zero-order valence-corrected chi connectivity index (χ0v) is 10.5. The highest BCUT2D eigenvalue weighted by Crippen LogP contribution is 2.68. The zero-order valence-electron chi connectivity index (χ0n) is 9.65. The summed E-state index contributed by atoms with van der Waals surface area (Å²) in [6.07, 6.45) is 4.42. The van der Waals surface area contributed by atoms with Crippen molar-refractivity contribution in [2.45, 2.75) is 22.8 Å². The van der Waals surface area contributed by atoms with Crippen molar-refractivity contribution in [3.05, 3.63) is 60.2 Å². The molecule has 17 heavy (non-hydrogen) atoms. The van der Waals surface area contributed by atoms with Crippen LogP contribution in [0, 0.1) is 0 Å². The van der Waals surface area contributed by atoms with Crippen molar-refractivity contribution in [1.82, 2.24) is 0 Å². The van der Waals surface area contributed by atoms with Crippen molar-refractivity contribution in [2.24, 2.45) is 0 Å². The molecule has 1 saturated heterocycles. The molecule has 0 bridgehead atoms. The summed E-state index contributed by atoms with van der Waals surface area (Å²) in [6, 6.07) is 13.5. The number of hydrogen-bond acceptors (Lipinski definition) is 1. The Morgan fingerprint density at radius 2 is 2.12 bits per heavy atom. The number of rotatable bonds is 2. The molecule has 0 radical (unpaired) electrons. The molecule has 0 aromatic heterocycles. The van der Waals surface area contributed by atoms with Crippen molar-refractivity contribution in [2.75, 3.05) is 0 Å². The normalized spacial score (nSPS) is 28.8. The van der Waals surface area contributed by atoms with E-state index < -0.39 is 0 Å². The second-order valence-electron chi connectivity index (χ2n) is 5.01. The van der Waals surface area contributed by atoms with Gasteiger partial charge in [0.25, 0.3) is 0 Å². The van der Waals surface area contributed by atoms with Gasteiger partial charge in [-0.15, -0.1) is 18.3 Å². The van der Waals surface area contributed by atoms with Crippen LogP contribution in [0.5, 0.6) is 0 Å². The van der Waals surface area contributed by atoms with E-state index in [1.807, 2.05) is 0 Å². The Labute approximate surface area is 106 Å². The third-order valence-corrected chi connectivity index (χ3v) is 5.81. The van der Waals surface area contributed by atoms with Crippen molar-refractivity contribution < 1.29 is 0 Å². The number of allylic oxidation sites excluding steroid dienone is 1. The Morgan fingerprint density at radius 3 is 2.94 bits per heavy atom. The minimum atomic E-state index is 0.357. The van der Waals surface area contributed by atoms with Crippen LogP contribution >= 0.6 is 11.8 Å². The van der Waals surface area contributed by atoms with E-state index in [9.17, 15) is 0 Å². The molecule has 2 atom stereocenters. The van der Waals surface area contributed by atoms with Crippen LogP contribution in [-0.2, 0) is 11.2 Å². The fraction of sp³-hybridized carbons (Fsp3) is 0.250. The van der Waals surface area contributed by atoms with E-state index in [4.69, 9.17) is 0 Å². The monoisotopic (exact) mass is 238 g/mol. The predicted octanol–water partition coefficient (Wildman–Crippen LogP) is 4.28. The summed E-state index contributed by atoms with van der Waals surface area (Å²) in [4.78, 5) is 0. The average Bonchev–Trinajstić information content (AvgIpc) is 3.05. The largest absolute Gasteiger partial charge is 0.143 e. The topological polar surface area (TPSA) is 0 Å². The van der Waals surface area contributed by atoms with Crippen molar-refractivity contribution >= 4 is 22.5 Å². The molecule has 2 aliphatic rings. The van der Waals surface area contributed by atoms with Crippen LogP contribution < -0.4 is 0 Å². The van der Waals surface area contributed by atoms with Gasteiger partial charge in [0, 0.05) is 5.25 Å². The molecule has 0 nitrogen and oxygen atoms in total. The molecule has 1 fully saturated rings. The quantitative estimate of drug-likeness (QED) is 0.556. The molecule has 1 heteroatoms. The molecule has 2 unspecified atom stereocenters. The summed E-state index contributed by atoms with van der Waals surface area (Å²) in [5.74, 6) is 0. The van der Waals surface area contributed by atoms with Crippen molar-refractivity contribution in [1.29, 1.82) is 0 Å². The second kappa shape index (κ2) is 3.17. The molecule has 1 aliphatic heterocycles. The van der Waals surface area contributed by atoms with Crippen LogP contribution in [0.2, 0.25) is 0 Å². The lowest BCUT2D eigenvalue weighted by molar-refractivity contribution is 0.672. The van der Waals surface area contributed by atoms with Crippen molar-refractivity contribution in [3.63, 3.8) is 0 Å². The third kappa shape index (κ3) is 1.15. The van der Waals surface area contributed by atoms with Crippen LogP contribution in [0.4, 0.5) is 0 Å². The van der Waals surface area contributed by atoms with E-state index in [2.05, 4.69) is 60.8 Å². The number of hydrogen-bond donors (Lipinski definition) is 0. The highest BCUT2D eigenvalue weighted by molar-refractivity contribution is 8.08. The summed E-state index contributed by atoms with van der Waals surface area (Å²) < 4.78 is 0.357. The molecular formula is C16H14S. The summed E-state index contributed by atoms with van der Waals surface area (Å²) in [5.41, 5.74) is 3.08. The average molecular weight is 238 g/mol. The van der Waals surface area contributed by atoms with E-state index in [1.165, 1.54) is 22.8 Å². The fourth-order valence-electron chi connectivity index (χ4n) is 3.31. The molecule has 1 heterocycles. The van der Waals surface area contributed by atoms with Gasteiger partial charge in [-0.2, -0.15) is 0 Å². The van der Waals surface area contributed by atoms with Gasteiger partial charge in [0.1, 0.15) is 0 Å². The van der Waals surface area contributed by atoms with E-state index in [0.717, 1.165) is 11.7 Å². The fourth-order valence-corrected chi connectivity index (χ4v) is 4.83. The number of thioether (sulfide) groups is 1. The lowest BCUT2D eigenvalue weighted by Gasteiger charge is -2.23. The maximum atomic E-state index is 3.93. The maximum absolute atomic E-state index is 3.93. The maximum Gasteiger partial charge on any atom is 0.0573 e. The van der Waals surface area contributed by atoms with Gasteiger partial charge in [0.2, 0.25) is 0 Å². The standard InChI is InChI=1S/C16H14S/c1-2-9-16-13-8-4-6-11-5-3-7-12(15(11)13)10-14(16)17-16/h2-8,14H,1,9-10H2. The molecule has 2 aromatic carbocycles. The summed E-state index contributed by atoms with van der Waals surface area (Å²) in [7, 11) is 0. The van der Waals surface area contributed by atoms with Crippen molar-refractivity contribution in [3.8, 4) is 0 Å². The van der Waals surface area contributed by atoms with Gasteiger partial charge in [-0.3, -0.25) is 0 Å². The lowest BCUT2D eigenvalue weighted by Crippen LogP contribution is -2.18. The predicted molar refractivity (Wildman–Crippen MR) is 75.5 cm³/mol. The highest BCUT2D eigenvalue weighted by atomic mass is 32.2. The smallest absolute Gasteiger partial charge is 0.0573 e. The van der Waals surface area contributed by atoms with Gasteiger partial charge in [-0.1, -0.05) is 42.5 Å². The Morgan fingerprint density at radius 1 is 1.29 bits per heavy atom. The van der Waals surface area contributed by atoms with E-state index >= 15 is 0 Å². The SMILES string of the molecule is C=CCC12SC1Cc1cccc3cccc2c13. The van der Waals surface area contributed by atoms with Crippen LogP contribution in [-0.4, -0.2) is 5.25 Å². The molecule has 1 aliphatic carbocycles. The first kappa shape index (κ1) is 9.78. The molecule has 0 spiro atoms. The molecule has 4 rings (SSSR count). The summed E-state index contributed by atoms with van der Waals surface area (Å²) >= 11 is 2.13. The van der Waals surface area contributed by atoms with Crippen LogP contribution in [0.15, 0.2) is 49.1 Å². The molecule has 0 N–H and O–H groups in total. The molecule has 2 aromatic rings.